The highest BCUT2D eigenvalue weighted by Crippen LogP contribution is 2.23. The molecule has 26 heavy (non-hydrogen) atoms. The number of nitrogens with zero attached hydrogens (tertiary/aromatic N) is 1. The Kier molecular flexibility index (Phi) is 6.12. The fraction of sp³-hybridized carbons (Fsp3) is 0.381. The zero-order valence-corrected chi connectivity index (χ0v) is 15.5. The van der Waals surface area contributed by atoms with E-state index in [1.807, 2.05) is 37.3 Å². The van der Waals surface area contributed by atoms with Gasteiger partial charge in [0.25, 0.3) is 0 Å². The number of methoxy groups -OCH3 is 1. The zero-order chi connectivity index (χ0) is 18.4. The van der Waals surface area contributed by atoms with Gasteiger partial charge in [0.15, 0.2) is 0 Å². The average molecular weight is 354 g/mol. The van der Waals surface area contributed by atoms with Crippen molar-refractivity contribution in [2.24, 2.45) is 0 Å². The maximum Gasteiger partial charge on any atom is 0.234 e. The minimum atomic E-state index is 0.0317. The van der Waals surface area contributed by atoms with E-state index >= 15 is 0 Å². The van der Waals surface area contributed by atoms with Crippen LogP contribution in [0.25, 0.3) is 0 Å². The van der Waals surface area contributed by atoms with Crippen molar-refractivity contribution in [2.45, 2.75) is 19.9 Å². The second-order valence-electron chi connectivity index (χ2n) is 6.61. The topological polar surface area (TPSA) is 50.8 Å². The van der Waals surface area contributed by atoms with Crippen LogP contribution in [0, 0.1) is 6.92 Å². The molecule has 0 spiro atoms. The molecule has 5 nitrogen and oxygen atoms in total. The number of benzene rings is 2. The average Bonchev–Trinajstić information content (AvgIpc) is 2.64. The van der Waals surface area contributed by atoms with Crippen LogP contribution in [0.5, 0.6) is 11.5 Å². The number of rotatable bonds is 7. The number of carbonyl (C=O) groups is 1. The summed E-state index contributed by atoms with van der Waals surface area (Å²) >= 11 is 0. The Morgan fingerprint density at radius 1 is 1.15 bits per heavy atom. The molecule has 1 N–H and O–H groups in total. The highest BCUT2D eigenvalue weighted by atomic mass is 16.5. The van der Waals surface area contributed by atoms with Crippen LogP contribution in [0.2, 0.25) is 0 Å². The highest BCUT2D eigenvalue weighted by Gasteiger charge is 2.18. The normalized spacial score (nSPS) is 13.8. The molecule has 1 amide bonds. The third-order valence-electron chi connectivity index (χ3n) is 4.55. The smallest absolute Gasteiger partial charge is 0.234 e. The lowest BCUT2D eigenvalue weighted by atomic mass is 9.99. The predicted octanol–water partition coefficient (Wildman–Crippen LogP) is 2.56. The van der Waals surface area contributed by atoms with E-state index in [1.54, 1.807) is 7.11 Å². The Bertz CT molecular complexity index is 761. The lowest BCUT2D eigenvalue weighted by Gasteiger charge is -2.28. The van der Waals surface area contributed by atoms with Crippen molar-refractivity contribution in [1.82, 2.24) is 10.2 Å². The monoisotopic (exact) mass is 354 g/mol. The van der Waals surface area contributed by atoms with Crippen LogP contribution in [0.3, 0.4) is 0 Å². The van der Waals surface area contributed by atoms with E-state index in [-0.39, 0.29) is 5.91 Å². The first-order valence-corrected chi connectivity index (χ1v) is 8.98. The van der Waals surface area contributed by atoms with Gasteiger partial charge in [0.05, 0.1) is 20.2 Å². The fourth-order valence-corrected chi connectivity index (χ4v) is 3.18. The lowest BCUT2D eigenvalue weighted by molar-refractivity contribution is -0.122. The van der Waals surface area contributed by atoms with Crippen molar-refractivity contribution in [3.8, 4) is 11.5 Å². The molecule has 0 saturated carbocycles. The Labute approximate surface area is 154 Å². The number of hydrogen-bond acceptors (Lipinski definition) is 4. The van der Waals surface area contributed by atoms with Gasteiger partial charge in [-0.05, 0) is 54.3 Å². The molecule has 2 aromatic rings. The van der Waals surface area contributed by atoms with Crippen molar-refractivity contribution in [3.63, 3.8) is 0 Å². The summed E-state index contributed by atoms with van der Waals surface area (Å²) in [6.45, 7) is 5.08. The molecule has 0 unspecified atom stereocenters. The van der Waals surface area contributed by atoms with Crippen molar-refractivity contribution in [1.29, 1.82) is 0 Å². The third kappa shape index (κ3) is 4.99. The van der Waals surface area contributed by atoms with E-state index < -0.39 is 0 Å². The summed E-state index contributed by atoms with van der Waals surface area (Å²) in [7, 11) is 1.68. The molecular formula is C21H26N2O3. The van der Waals surface area contributed by atoms with E-state index in [1.165, 1.54) is 11.1 Å². The van der Waals surface area contributed by atoms with Gasteiger partial charge < -0.3 is 14.8 Å². The van der Waals surface area contributed by atoms with Gasteiger partial charge >= 0.3 is 0 Å². The number of carbonyl (C=O) groups excluding carboxylic acids is 1. The molecule has 0 aromatic heterocycles. The number of fused-ring (bicyclic) bond motifs is 1. The molecule has 138 valence electrons. The molecule has 0 saturated heterocycles. The Morgan fingerprint density at radius 3 is 2.85 bits per heavy atom. The number of hydrogen-bond donors (Lipinski definition) is 1. The molecule has 1 aliphatic heterocycles. The van der Waals surface area contributed by atoms with Gasteiger partial charge in [0.1, 0.15) is 18.1 Å². The molecule has 1 heterocycles. The van der Waals surface area contributed by atoms with Gasteiger partial charge in [-0.25, -0.2) is 0 Å². The second kappa shape index (κ2) is 8.72. The van der Waals surface area contributed by atoms with Crippen LogP contribution in [0.1, 0.15) is 16.7 Å². The van der Waals surface area contributed by atoms with Crippen LogP contribution >= 0.6 is 0 Å². The number of ether oxygens (including phenoxy) is 2. The molecule has 3 rings (SSSR count). The van der Waals surface area contributed by atoms with Crippen molar-refractivity contribution in [2.75, 3.05) is 33.4 Å². The van der Waals surface area contributed by atoms with Gasteiger partial charge in [-0.2, -0.15) is 0 Å². The van der Waals surface area contributed by atoms with Crippen molar-refractivity contribution >= 4 is 5.91 Å². The first-order valence-electron chi connectivity index (χ1n) is 8.98. The molecule has 0 atom stereocenters. The molecule has 0 bridgehead atoms. The number of amides is 1. The third-order valence-corrected chi connectivity index (χ3v) is 4.55. The van der Waals surface area contributed by atoms with Gasteiger partial charge in [-0.1, -0.05) is 18.2 Å². The highest BCUT2D eigenvalue weighted by molar-refractivity contribution is 5.78. The van der Waals surface area contributed by atoms with Gasteiger partial charge in [0.2, 0.25) is 5.91 Å². The number of aryl methyl sites for hydroxylation is 1. The molecule has 5 heteroatoms. The van der Waals surface area contributed by atoms with Gasteiger partial charge in [0, 0.05) is 13.1 Å². The van der Waals surface area contributed by atoms with Crippen LogP contribution in [0.4, 0.5) is 0 Å². The van der Waals surface area contributed by atoms with Gasteiger partial charge in [-0.3, -0.25) is 9.69 Å². The molecular weight excluding hydrogens is 328 g/mol. The summed E-state index contributed by atoms with van der Waals surface area (Å²) < 4.78 is 11.0. The minimum absolute atomic E-state index is 0.0317. The van der Waals surface area contributed by atoms with Gasteiger partial charge in [-0.15, -0.1) is 0 Å². The SMILES string of the molecule is COc1ccc2c(c1)CN(CC(=O)NCCOc1cccc(C)c1)CC2. The van der Waals surface area contributed by atoms with E-state index in [4.69, 9.17) is 9.47 Å². The second-order valence-corrected chi connectivity index (χ2v) is 6.61. The molecule has 0 fully saturated rings. The van der Waals surface area contributed by atoms with E-state index in [0.717, 1.165) is 36.6 Å². The van der Waals surface area contributed by atoms with Crippen LogP contribution < -0.4 is 14.8 Å². The fourth-order valence-electron chi connectivity index (χ4n) is 3.18. The Hall–Kier alpha value is -2.53. The maximum atomic E-state index is 12.2. The van der Waals surface area contributed by atoms with Crippen molar-refractivity contribution < 1.29 is 14.3 Å². The largest absolute Gasteiger partial charge is 0.497 e. The van der Waals surface area contributed by atoms with Crippen LogP contribution in [-0.2, 0) is 17.8 Å². The quantitative estimate of drug-likeness (QED) is 0.777. The van der Waals surface area contributed by atoms with E-state index in [0.29, 0.717) is 19.7 Å². The minimum Gasteiger partial charge on any atom is -0.497 e. The Morgan fingerprint density at radius 2 is 2.04 bits per heavy atom. The summed E-state index contributed by atoms with van der Waals surface area (Å²) in [5.41, 5.74) is 3.74. The van der Waals surface area contributed by atoms with Crippen LogP contribution in [-0.4, -0.2) is 44.2 Å². The number of nitrogens with one attached hydrogen (secondary N) is 1. The molecule has 0 radical (unpaired) electrons. The first-order chi connectivity index (χ1) is 12.6. The molecule has 1 aliphatic rings. The van der Waals surface area contributed by atoms with E-state index in [9.17, 15) is 4.79 Å². The first kappa shape index (κ1) is 18.3. The lowest BCUT2D eigenvalue weighted by Crippen LogP contribution is -2.40. The molecule has 2 aromatic carbocycles. The zero-order valence-electron chi connectivity index (χ0n) is 15.5. The molecule has 0 aliphatic carbocycles. The summed E-state index contributed by atoms with van der Waals surface area (Å²) in [6.07, 6.45) is 0.961. The van der Waals surface area contributed by atoms with Crippen molar-refractivity contribution in [3.05, 3.63) is 59.2 Å². The summed E-state index contributed by atoms with van der Waals surface area (Å²) in [4.78, 5) is 14.3. The van der Waals surface area contributed by atoms with E-state index in [2.05, 4.69) is 22.3 Å². The summed E-state index contributed by atoms with van der Waals surface area (Å²) in [6, 6.07) is 14.1. The predicted molar refractivity (Wildman–Crippen MR) is 102 cm³/mol. The standard InChI is InChI=1S/C21H26N2O3/c1-16-4-3-5-20(12-16)26-11-9-22-21(24)15-23-10-8-17-6-7-19(25-2)13-18(17)14-23/h3-7,12-13H,8-11,14-15H2,1-2H3,(H,22,24). The van der Waals surface area contributed by atoms with Crippen LogP contribution in [0.15, 0.2) is 42.5 Å². The Balaban J connectivity index is 1.41. The summed E-state index contributed by atoms with van der Waals surface area (Å²) in [5, 5.41) is 2.93. The maximum absolute atomic E-state index is 12.2. The summed E-state index contributed by atoms with van der Waals surface area (Å²) in [5.74, 6) is 1.73.